The average Bonchev–Trinajstić information content (AvgIpc) is 3.33. The predicted octanol–water partition coefficient (Wildman–Crippen LogP) is 5.74. The van der Waals surface area contributed by atoms with E-state index >= 15 is 0 Å². The van der Waals surface area contributed by atoms with Crippen LogP contribution in [-0.4, -0.2) is 26.4 Å². The van der Waals surface area contributed by atoms with Gasteiger partial charge < -0.3 is 10.1 Å². The number of ether oxygens (including phenoxy) is 1. The molecule has 0 fully saturated rings. The Labute approximate surface area is 180 Å². The quantitative estimate of drug-likeness (QED) is 0.367. The summed E-state index contributed by atoms with van der Waals surface area (Å²) in [5.41, 5.74) is 5.96. The zero-order chi connectivity index (χ0) is 21.4. The van der Waals surface area contributed by atoms with E-state index in [4.69, 9.17) is 0 Å². The van der Waals surface area contributed by atoms with Gasteiger partial charge in [-0.2, -0.15) is 13.9 Å². The number of nitrogens with zero attached hydrogens (tertiary/aromatic N) is 4. The predicted molar refractivity (Wildman–Crippen MR) is 117 cm³/mol. The molecule has 1 N–H and O–H groups in total. The first-order chi connectivity index (χ1) is 15.1. The number of aryl methyl sites for hydroxylation is 1. The summed E-state index contributed by atoms with van der Waals surface area (Å²) in [6.07, 6.45) is 1.77. The van der Waals surface area contributed by atoms with Crippen molar-refractivity contribution in [2.75, 3.05) is 5.32 Å². The van der Waals surface area contributed by atoms with Crippen molar-refractivity contribution in [2.45, 2.75) is 20.1 Å². The molecule has 0 amide bonds. The molecule has 9 heteroatoms. The lowest BCUT2D eigenvalue weighted by atomic mass is 10.2. The molecule has 156 valence electrons. The van der Waals surface area contributed by atoms with Crippen molar-refractivity contribution in [2.24, 2.45) is 0 Å². The summed E-state index contributed by atoms with van der Waals surface area (Å²) < 4.78 is 33.1. The van der Waals surface area contributed by atoms with Crippen LogP contribution in [0.4, 0.5) is 20.3 Å². The maximum Gasteiger partial charge on any atom is 0.387 e. The maximum absolute atomic E-state index is 12.8. The molecule has 0 unspecified atom stereocenters. The second-order valence-corrected chi connectivity index (χ2v) is 7.86. The lowest BCUT2D eigenvalue weighted by Gasteiger charge is -2.11. The third-order valence-corrected chi connectivity index (χ3v) is 5.72. The smallest absolute Gasteiger partial charge is 0.387 e. The van der Waals surface area contributed by atoms with E-state index in [0.29, 0.717) is 17.9 Å². The van der Waals surface area contributed by atoms with Gasteiger partial charge in [-0.25, -0.2) is 9.97 Å². The van der Waals surface area contributed by atoms with Crippen molar-refractivity contribution in [1.29, 1.82) is 0 Å². The molecule has 3 heterocycles. The number of halogens is 2. The van der Waals surface area contributed by atoms with Crippen LogP contribution in [0.2, 0.25) is 0 Å². The number of pyridine rings is 1. The largest absolute Gasteiger partial charge is 0.434 e. The van der Waals surface area contributed by atoms with Crippen molar-refractivity contribution in [3.63, 3.8) is 0 Å². The first kappa shape index (κ1) is 19.4. The van der Waals surface area contributed by atoms with E-state index in [2.05, 4.69) is 25.1 Å². The molecular weight excluding hydrogens is 420 g/mol. The van der Waals surface area contributed by atoms with Crippen LogP contribution in [0.3, 0.4) is 0 Å². The summed E-state index contributed by atoms with van der Waals surface area (Å²) >= 11 is 1.58. The van der Waals surface area contributed by atoms with Gasteiger partial charge in [0.05, 0.1) is 33.5 Å². The number of thiazole rings is 1. The molecule has 0 spiro atoms. The molecule has 0 radical (unpaired) electrons. The number of nitrogens with one attached hydrogen (secondary N) is 1. The molecular formula is C22H17F2N5OS. The van der Waals surface area contributed by atoms with Crippen LogP contribution in [0.25, 0.3) is 21.1 Å². The SMILES string of the molecule is Cc1nn(Cc2ccccc2OC(F)F)c2cc(Nc3ccc4ncsc4c3)ncc12. The van der Waals surface area contributed by atoms with Gasteiger partial charge in [-0.05, 0) is 31.2 Å². The summed E-state index contributed by atoms with van der Waals surface area (Å²) in [4.78, 5) is 8.80. The molecule has 0 atom stereocenters. The number of hydrogen-bond donors (Lipinski definition) is 1. The normalized spacial score (nSPS) is 11.5. The number of para-hydroxylation sites is 1. The van der Waals surface area contributed by atoms with E-state index < -0.39 is 6.61 Å². The number of hydrogen-bond acceptors (Lipinski definition) is 6. The van der Waals surface area contributed by atoms with E-state index in [1.807, 2.05) is 36.7 Å². The van der Waals surface area contributed by atoms with Gasteiger partial charge >= 0.3 is 6.61 Å². The van der Waals surface area contributed by atoms with Gasteiger partial charge in [0, 0.05) is 28.9 Å². The van der Waals surface area contributed by atoms with Gasteiger partial charge in [-0.3, -0.25) is 4.68 Å². The van der Waals surface area contributed by atoms with Gasteiger partial charge in [-0.1, -0.05) is 18.2 Å². The second kappa shape index (κ2) is 7.92. The molecule has 6 nitrogen and oxygen atoms in total. The van der Waals surface area contributed by atoms with E-state index in [9.17, 15) is 8.78 Å². The van der Waals surface area contributed by atoms with Crippen molar-refractivity contribution in [1.82, 2.24) is 19.7 Å². The van der Waals surface area contributed by atoms with Crippen molar-refractivity contribution in [3.05, 3.63) is 71.5 Å². The Morgan fingerprint density at radius 1 is 1.13 bits per heavy atom. The molecule has 2 aromatic carbocycles. The van der Waals surface area contributed by atoms with Crippen LogP contribution in [0.5, 0.6) is 5.75 Å². The lowest BCUT2D eigenvalue weighted by molar-refractivity contribution is -0.0505. The molecule has 31 heavy (non-hydrogen) atoms. The summed E-state index contributed by atoms with van der Waals surface area (Å²) in [5.74, 6) is 0.804. The van der Waals surface area contributed by atoms with Gasteiger partial charge in [0.15, 0.2) is 0 Å². The molecule has 5 aromatic rings. The van der Waals surface area contributed by atoms with Crippen LogP contribution in [-0.2, 0) is 6.54 Å². The van der Waals surface area contributed by atoms with E-state index in [0.717, 1.165) is 32.5 Å². The van der Waals surface area contributed by atoms with Crippen molar-refractivity contribution < 1.29 is 13.5 Å². The van der Waals surface area contributed by atoms with Gasteiger partial charge in [-0.15, -0.1) is 11.3 Å². The Balaban J connectivity index is 1.48. The summed E-state index contributed by atoms with van der Waals surface area (Å²) in [5, 5.41) is 8.80. The van der Waals surface area contributed by atoms with Crippen LogP contribution >= 0.6 is 11.3 Å². The number of alkyl halides is 2. The fraction of sp³-hybridized carbons (Fsp3) is 0.136. The fourth-order valence-corrected chi connectivity index (χ4v) is 4.22. The van der Waals surface area contributed by atoms with Gasteiger partial charge in [0.1, 0.15) is 11.6 Å². The first-order valence-corrected chi connectivity index (χ1v) is 10.4. The average molecular weight is 437 g/mol. The zero-order valence-corrected chi connectivity index (χ0v) is 17.2. The number of anilines is 2. The number of benzene rings is 2. The Morgan fingerprint density at radius 3 is 2.87 bits per heavy atom. The highest BCUT2D eigenvalue weighted by molar-refractivity contribution is 7.16. The summed E-state index contributed by atoms with van der Waals surface area (Å²) in [6.45, 7) is -0.690. The van der Waals surface area contributed by atoms with Crippen LogP contribution in [0.15, 0.2) is 60.2 Å². The van der Waals surface area contributed by atoms with Crippen LogP contribution < -0.4 is 10.1 Å². The Morgan fingerprint density at radius 2 is 2.00 bits per heavy atom. The maximum atomic E-state index is 12.8. The number of fused-ring (bicyclic) bond motifs is 2. The number of aromatic nitrogens is 4. The van der Waals surface area contributed by atoms with Gasteiger partial charge in [0.25, 0.3) is 0 Å². The third kappa shape index (κ3) is 3.91. The highest BCUT2D eigenvalue weighted by Crippen LogP contribution is 2.27. The fourth-order valence-electron chi connectivity index (χ4n) is 3.50. The lowest BCUT2D eigenvalue weighted by Crippen LogP contribution is -2.08. The highest BCUT2D eigenvalue weighted by atomic mass is 32.1. The van der Waals surface area contributed by atoms with E-state index in [-0.39, 0.29) is 5.75 Å². The molecule has 0 bridgehead atoms. The first-order valence-electron chi connectivity index (χ1n) is 9.53. The minimum Gasteiger partial charge on any atom is -0.434 e. The Kier molecular flexibility index (Phi) is 4.95. The molecule has 0 aliphatic heterocycles. The summed E-state index contributed by atoms with van der Waals surface area (Å²) in [7, 11) is 0. The zero-order valence-electron chi connectivity index (χ0n) is 16.4. The minimum atomic E-state index is -2.88. The molecule has 0 aliphatic carbocycles. The molecule has 0 saturated carbocycles. The van der Waals surface area contributed by atoms with Crippen molar-refractivity contribution in [3.8, 4) is 5.75 Å². The molecule has 0 saturated heterocycles. The molecule has 3 aromatic heterocycles. The minimum absolute atomic E-state index is 0.143. The number of rotatable bonds is 6. The molecule has 0 aliphatic rings. The monoisotopic (exact) mass is 437 g/mol. The van der Waals surface area contributed by atoms with Crippen LogP contribution in [0, 0.1) is 6.92 Å². The third-order valence-electron chi connectivity index (χ3n) is 4.93. The van der Waals surface area contributed by atoms with E-state index in [1.165, 1.54) is 6.07 Å². The highest BCUT2D eigenvalue weighted by Gasteiger charge is 2.14. The van der Waals surface area contributed by atoms with Crippen LogP contribution in [0.1, 0.15) is 11.3 Å². The Hall–Kier alpha value is -3.59. The van der Waals surface area contributed by atoms with Crippen molar-refractivity contribution >= 4 is 44.0 Å². The standard InChI is InChI=1S/C22H17F2N5OS/c1-13-16-10-25-21(27-15-6-7-17-20(8-15)31-12-26-17)9-18(16)29(28-13)11-14-4-2-3-5-19(14)30-22(23)24/h2-10,12,22H,11H2,1H3,(H,25,27). The topological polar surface area (TPSA) is 64.9 Å². The van der Waals surface area contributed by atoms with E-state index in [1.54, 1.807) is 40.4 Å². The molecule has 5 rings (SSSR count). The van der Waals surface area contributed by atoms with Gasteiger partial charge in [0.2, 0.25) is 0 Å². The second-order valence-electron chi connectivity index (χ2n) is 6.98. The summed E-state index contributed by atoms with van der Waals surface area (Å²) in [6, 6.07) is 14.6. The Bertz CT molecular complexity index is 1380.